The van der Waals surface area contributed by atoms with Crippen LogP contribution in [0, 0.1) is 0 Å². The van der Waals surface area contributed by atoms with E-state index in [1.165, 1.54) is 38.5 Å². The Balaban J connectivity index is 1.59. The van der Waals surface area contributed by atoms with Crippen molar-refractivity contribution in [3.8, 4) is 0 Å². The van der Waals surface area contributed by atoms with Crippen molar-refractivity contribution in [3.05, 3.63) is 89.0 Å². The Hall–Kier alpha value is -2.62. The van der Waals surface area contributed by atoms with Gasteiger partial charge < -0.3 is 9.97 Å². The molecule has 2 nitrogen and oxygen atoms in total. The zero-order valence-corrected chi connectivity index (χ0v) is 20.2. The highest BCUT2D eigenvalue weighted by Crippen LogP contribution is 2.44. The number of fused-ring (bicyclic) bond motifs is 4. The predicted molar refractivity (Wildman–Crippen MR) is 137 cm³/mol. The number of hydrogen-bond acceptors (Lipinski definition) is 1. The summed E-state index contributed by atoms with van der Waals surface area (Å²) in [6.45, 7) is 11.8. The van der Waals surface area contributed by atoms with Gasteiger partial charge in [-0.1, -0.05) is 85.4 Å². The minimum atomic E-state index is -1.80. The molecule has 158 valence electrons. The molecule has 3 heteroatoms. The lowest BCUT2D eigenvalue weighted by molar-refractivity contribution is 0.508. The molecular formula is C28H32N2Si. The van der Waals surface area contributed by atoms with E-state index in [1.54, 1.807) is 5.57 Å². The maximum absolute atomic E-state index is 4.04. The van der Waals surface area contributed by atoms with Crippen molar-refractivity contribution in [2.45, 2.75) is 51.4 Å². The molecular weight excluding hydrogens is 392 g/mol. The van der Waals surface area contributed by atoms with Crippen LogP contribution in [0.1, 0.15) is 43.0 Å². The number of H-pyrrole nitrogens is 1. The van der Waals surface area contributed by atoms with Crippen molar-refractivity contribution < 1.29 is 0 Å². The van der Waals surface area contributed by atoms with E-state index in [-0.39, 0.29) is 5.54 Å². The van der Waals surface area contributed by atoms with Gasteiger partial charge in [-0.05, 0) is 49.9 Å². The van der Waals surface area contributed by atoms with Gasteiger partial charge in [-0.3, -0.25) is 0 Å². The topological polar surface area (TPSA) is 27.8 Å². The fraction of sp³-hybridized carbons (Fsp3) is 0.286. The summed E-state index contributed by atoms with van der Waals surface area (Å²) in [6.07, 6.45) is 3.44. The van der Waals surface area contributed by atoms with E-state index in [0.29, 0.717) is 5.54 Å². The van der Waals surface area contributed by atoms with Crippen LogP contribution in [0.4, 0.5) is 0 Å². The van der Waals surface area contributed by atoms with E-state index in [2.05, 4.69) is 117 Å². The summed E-state index contributed by atoms with van der Waals surface area (Å²) in [4.78, 5) is 7.75. The normalized spacial score (nSPS) is 16.7. The van der Waals surface area contributed by atoms with Gasteiger partial charge in [0.25, 0.3) is 0 Å². The van der Waals surface area contributed by atoms with E-state index in [9.17, 15) is 0 Å². The number of benzene rings is 3. The fourth-order valence-electron chi connectivity index (χ4n) is 5.73. The molecule has 0 radical (unpaired) electrons. The summed E-state index contributed by atoms with van der Waals surface area (Å²) in [6, 6.07) is 24.4. The van der Waals surface area contributed by atoms with Gasteiger partial charge in [-0.2, -0.15) is 0 Å². The van der Waals surface area contributed by atoms with Crippen LogP contribution in [0.3, 0.4) is 0 Å². The molecule has 1 aliphatic rings. The van der Waals surface area contributed by atoms with Gasteiger partial charge in [0, 0.05) is 27.4 Å². The van der Waals surface area contributed by atoms with Crippen molar-refractivity contribution in [1.82, 2.24) is 9.97 Å². The van der Waals surface area contributed by atoms with Gasteiger partial charge in [-0.25, -0.2) is 0 Å². The molecule has 0 spiro atoms. The van der Waals surface area contributed by atoms with Crippen molar-refractivity contribution in [3.63, 3.8) is 0 Å². The van der Waals surface area contributed by atoms with Crippen LogP contribution in [0.25, 0.3) is 27.9 Å². The molecule has 4 aromatic rings. The first-order chi connectivity index (χ1) is 14.7. The lowest BCUT2D eigenvalue weighted by atomic mass is 10.00. The molecule has 5 rings (SSSR count). The molecule has 0 saturated carbocycles. The fourth-order valence-corrected chi connectivity index (χ4v) is 9.96. The molecule has 0 amide bonds. The first kappa shape index (κ1) is 20.3. The summed E-state index contributed by atoms with van der Waals surface area (Å²) < 4.78 is 0. The molecule has 0 aliphatic heterocycles. The Morgan fingerprint density at radius 3 is 2.39 bits per heavy atom. The number of allylic oxidation sites excluding steroid dienone is 1. The SMILES string of the molecule is CC(C)(C)N[Si](C)(C)C1C(Cc2cccc3c2[nH]c2ccccc23)=Cc2ccccc21. The Morgan fingerprint density at radius 2 is 1.58 bits per heavy atom. The minimum Gasteiger partial charge on any atom is -0.354 e. The van der Waals surface area contributed by atoms with E-state index in [0.717, 1.165) is 6.42 Å². The molecule has 0 saturated heterocycles. The first-order valence-corrected chi connectivity index (χ1v) is 14.4. The van der Waals surface area contributed by atoms with Crippen molar-refractivity contribution >= 4 is 36.1 Å². The van der Waals surface area contributed by atoms with Crippen LogP contribution < -0.4 is 4.98 Å². The second-order valence-electron chi connectivity index (χ2n) is 10.6. The highest BCUT2D eigenvalue weighted by atomic mass is 28.3. The highest BCUT2D eigenvalue weighted by molar-refractivity contribution is 6.77. The predicted octanol–water partition coefficient (Wildman–Crippen LogP) is 7.18. The van der Waals surface area contributed by atoms with Gasteiger partial charge in [0.2, 0.25) is 0 Å². The minimum absolute atomic E-state index is 0.107. The van der Waals surface area contributed by atoms with Crippen LogP contribution in [0.5, 0.6) is 0 Å². The third-order valence-electron chi connectivity index (χ3n) is 6.46. The smallest absolute Gasteiger partial charge is 0.131 e. The van der Waals surface area contributed by atoms with Gasteiger partial charge in [0.1, 0.15) is 8.24 Å². The molecule has 1 atom stereocenters. The van der Waals surface area contributed by atoms with Gasteiger partial charge in [0.05, 0.1) is 5.52 Å². The van der Waals surface area contributed by atoms with Crippen molar-refractivity contribution in [2.75, 3.05) is 0 Å². The van der Waals surface area contributed by atoms with E-state index < -0.39 is 8.24 Å². The molecule has 3 aromatic carbocycles. The van der Waals surface area contributed by atoms with Gasteiger partial charge in [0.15, 0.2) is 0 Å². The van der Waals surface area contributed by atoms with Crippen molar-refractivity contribution in [1.29, 1.82) is 0 Å². The zero-order valence-electron chi connectivity index (χ0n) is 19.2. The molecule has 0 bridgehead atoms. The summed E-state index contributed by atoms with van der Waals surface area (Å²) in [5.74, 6) is 0. The summed E-state index contributed by atoms with van der Waals surface area (Å²) in [5, 5.41) is 2.63. The second-order valence-corrected chi connectivity index (χ2v) is 14.8. The van der Waals surface area contributed by atoms with Crippen LogP contribution in [-0.2, 0) is 6.42 Å². The molecule has 0 fully saturated rings. The number of para-hydroxylation sites is 2. The molecule has 1 unspecified atom stereocenters. The molecule has 31 heavy (non-hydrogen) atoms. The average Bonchev–Trinajstić information content (AvgIpc) is 3.25. The molecule has 2 N–H and O–H groups in total. The summed E-state index contributed by atoms with van der Waals surface area (Å²) in [7, 11) is -1.80. The number of aromatic nitrogens is 1. The quantitative estimate of drug-likeness (QED) is 0.334. The third-order valence-corrected chi connectivity index (χ3v) is 9.98. The van der Waals surface area contributed by atoms with Crippen LogP contribution in [0.2, 0.25) is 13.1 Å². The average molecular weight is 425 g/mol. The zero-order chi connectivity index (χ0) is 21.8. The van der Waals surface area contributed by atoms with Crippen LogP contribution in [-0.4, -0.2) is 18.8 Å². The van der Waals surface area contributed by atoms with E-state index >= 15 is 0 Å². The maximum atomic E-state index is 4.04. The largest absolute Gasteiger partial charge is 0.354 e. The van der Waals surface area contributed by atoms with Gasteiger partial charge >= 0.3 is 0 Å². The van der Waals surface area contributed by atoms with Crippen LogP contribution >= 0.6 is 0 Å². The Kier molecular flexibility index (Phi) is 4.72. The molecule has 1 heterocycles. The summed E-state index contributed by atoms with van der Waals surface area (Å²) >= 11 is 0. The lowest BCUT2D eigenvalue weighted by Crippen LogP contribution is -2.58. The third kappa shape index (κ3) is 3.66. The van der Waals surface area contributed by atoms with Gasteiger partial charge in [-0.15, -0.1) is 0 Å². The van der Waals surface area contributed by atoms with E-state index in [4.69, 9.17) is 0 Å². The number of rotatable bonds is 4. The monoisotopic (exact) mass is 424 g/mol. The van der Waals surface area contributed by atoms with E-state index in [1.807, 2.05) is 0 Å². The van der Waals surface area contributed by atoms with Crippen molar-refractivity contribution in [2.24, 2.45) is 0 Å². The lowest BCUT2D eigenvalue weighted by Gasteiger charge is -2.39. The Labute approximate surface area is 186 Å². The first-order valence-electron chi connectivity index (χ1n) is 11.3. The highest BCUT2D eigenvalue weighted by Gasteiger charge is 2.41. The van der Waals surface area contributed by atoms with Crippen LogP contribution in [0.15, 0.2) is 72.3 Å². The molecule has 1 aromatic heterocycles. The molecule has 1 aliphatic carbocycles. The Morgan fingerprint density at radius 1 is 0.871 bits per heavy atom. The maximum Gasteiger partial charge on any atom is 0.131 e. The number of aromatic amines is 1. The summed E-state index contributed by atoms with van der Waals surface area (Å²) in [5.41, 5.74) is 8.89. The Bertz CT molecular complexity index is 1300. The number of hydrogen-bond donors (Lipinski definition) is 2. The number of nitrogens with one attached hydrogen (secondary N) is 2. The second kappa shape index (κ2) is 7.22. The standard InChI is InChI=1S/C28H32N2Si/c1-28(2,3)30-31(4,5)27-21(17-19-11-6-7-13-22(19)27)18-20-12-10-15-24-23-14-8-9-16-25(23)29-26(20)24/h6-17,27,29-30H,18H2,1-5H3.